The first kappa shape index (κ1) is 17.1. The fourth-order valence-corrected chi connectivity index (χ4v) is 3.29. The smallest absolute Gasteiger partial charge is 0.231 e. The molecular weight excluding hydrogens is 354 g/mol. The number of Topliss-reactive ketones (excluding diaryl/α,β-unsaturated/α-hetero) is 1. The lowest BCUT2D eigenvalue weighted by atomic mass is 10.0. The summed E-state index contributed by atoms with van der Waals surface area (Å²) in [5.74, 6) is 1.46. The predicted molar refractivity (Wildman–Crippen MR) is 98.6 cm³/mol. The van der Waals surface area contributed by atoms with E-state index in [9.17, 15) is 4.79 Å². The van der Waals surface area contributed by atoms with Gasteiger partial charge in [0.1, 0.15) is 18.2 Å². The van der Waals surface area contributed by atoms with Gasteiger partial charge in [0.15, 0.2) is 5.76 Å². The number of carbonyl (C=O) groups excluding carboxylic acids is 1. The zero-order valence-corrected chi connectivity index (χ0v) is 15.1. The fourth-order valence-electron chi connectivity index (χ4n) is 3.10. The molecule has 2 aliphatic rings. The van der Waals surface area contributed by atoms with Gasteiger partial charge in [-0.25, -0.2) is 0 Å². The predicted octanol–water partition coefficient (Wildman–Crippen LogP) is 3.75. The van der Waals surface area contributed by atoms with Crippen LogP contribution in [-0.4, -0.2) is 37.7 Å². The Labute approximate surface area is 156 Å². The van der Waals surface area contributed by atoms with Crippen molar-refractivity contribution in [1.29, 1.82) is 0 Å². The maximum atomic E-state index is 12.7. The third-order valence-electron chi connectivity index (χ3n) is 4.49. The van der Waals surface area contributed by atoms with Crippen LogP contribution < -0.4 is 9.47 Å². The van der Waals surface area contributed by atoms with Crippen LogP contribution in [0.2, 0.25) is 5.02 Å². The van der Waals surface area contributed by atoms with Crippen LogP contribution in [-0.2, 0) is 11.3 Å². The summed E-state index contributed by atoms with van der Waals surface area (Å²) in [4.78, 5) is 14.8. The number of allylic oxidation sites excluding steroid dienone is 1. The molecule has 2 aromatic carbocycles. The molecule has 0 radical (unpaired) electrons. The molecule has 0 saturated heterocycles. The molecule has 134 valence electrons. The molecule has 2 heterocycles. The Hall–Kier alpha value is -2.34. The van der Waals surface area contributed by atoms with Crippen molar-refractivity contribution in [2.24, 2.45) is 0 Å². The molecule has 4 rings (SSSR count). The minimum Gasteiger partial charge on any atom is -0.478 e. The van der Waals surface area contributed by atoms with Gasteiger partial charge in [0, 0.05) is 25.2 Å². The molecule has 0 aromatic heterocycles. The molecule has 5 nitrogen and oxygen atoms in total. The number of nitrogens with zero attached hydrogens (tertiary/aromatic N) is 1. The van der Waals surface area contributed by atoms with Crippen molar-refractivity contribution in [3.8, 4) is 11.5 Å². The van der Waals surface area contributed by atoms with Gasteiger partial charge in [-0.15, -0.1) is 0 Å². The number of benzene rings is 2. The van der Waals surface area contributed by atoms with Gasteiger partial charge < -0.3 is 14.2 Å². The average Bonchev–Trinajstić information content (AvgIpc) is 2.98. The Bertz CT molecular complexity index is 893. The molecule has 2 aliphatic heterocycles. The number of hydrogen-bond acceptors (Lipinski definition) is 5. The van der Waals surface area contributed by atoms with E-state index in [4.69, 9.17) is 25.8 Å². The van der Waals surface area contributed by atoms with Crippen LogP contribution in [0.4, 0.5) is 0 Å². The van der Waals surface area contributed by atoms with Gasteiger partial charge in [-0.05, 0) is 29.8 Å². The van der Waals surface area contributed by atoms with E-state index in [1.807, 2.05) is 24.3 Å². The van der Waals surface area contributed by atoms with Gasteiger partial charge in [0.25, 0.3) is 0 Å². The number of fused-ring (bicyclic) bond motifs is 3. The highest BCUT2D eigenvalue weighted by Crippen LogP contribution is 2.42. The summed E-state index contributed by atoms with van der Waals surface area (Å²) in [5, 5.41) is 0.573. The molecule has 0 atom stereocenters. The number of carbonyl (C=O) groups is 1. The third-order valence-corrected chi connectivity index (χ3v) is 4.83. The number of halogens is 1. The number of methoxy groups -OCH3 is 1. The van der Waals surface area contributed by atoms with Gasteiger partial charge >= 0.3 is 0 Å². The first-order valence-corrected chi connectivity index (χ1v) is 8.74. The van der Waals surface area contributed by atoms with E-state index in [1.54, 1.807) is 25.3 Å². The lowest BCUT2D eigenvalue weighted by molar-refractivity contribution is 0.0646. The molecule has 2 aromatic rings. The Morgan fingerprint density at radius 1 is 1.27 bits per heavy atom. The third kappa shape index (κ3) is 3.09. The zero-order valence-electron chi connectivity index (χ0n) is 14.3. The topological polar surface area (TPSA) is 48.0 Å². The molecule has 26 heavy (non-hydrogen) atoms. The van der Waals surface area contributed by atoms with E-state index in [0.717, 1.165) is 23.4 Å². The molecule has 0 N–H and O–H groups in total. The highest BCUT2D eigenvalue weighted by Gasteiger charge is 2.33. The zero-order chi connectivity index (χ0) is 18.1. The summed E-state index contributed by atoms with van der Waals surface area (Å²) in [5.41, 5.74) is 2.19. The van der Waals surface area contributed by atoms with Crippen LogP contribution in [0.5, 0.6) is 11.5 Å². The Morgan fingerprint density at radius 3 is 2.92 bits per heavy atom. The molecule has 0 aliphatic carbocycles. The molecule has 0 amide bonds. The number of rotatable bonds is 4. The van der Waals surface area contributed by atoms with Crippen LogP contribution >= 0.6 is 11.6 Å². The van der Waals surface area contributed by atoms with Gasteiger partial charge in [0.2, 0.25) is 5.78 Å². The van der Waals surface area contributed by atoms with E-state index in [1.165, 1.54) is 0 Å². The van der Waals surface area contributed by atoms with Crippen molar-refractivity contribution >= 4 is 23.5 Å². The summed E-state index contributed by atoms with van der Waals surface area (Å²) < 4.78 is 16.9. The van der Waals surface area contributed by atoms with E-state index in [-0.39, 0.29) is 11.5 Å². The van der Waals surface area contributed by atoms with E-state index in [0.29, 0.717) is 36.2 Å². The second-order valence-corrected chi connectivity index (χ2v) is 6.61. The van der Waals surface area contributed by atoms with E-state index >= 15 is 0 Å². The molecule has 0 saturated carbocycles. The van der Waals surface area contributed by atoms with Crippen LogP contribution in [0.1, 0.15) is 21.5 Å². The van der Waals surface area contributed by atoms with Crippen molar-refractivity contribution in [2.75, 3.05) is 27.0 Å². The number of hydrogen-bond donors (Lipinski definition) is 0. The van der Waals surface area contributed by atoms with E-state index < -0.39 is 0 Å². The summed E-state index contributed by atoms with van der Waals surface area (Å²) in [7, 11) is 1.67. The summed E-state index contributed by atoms with van der Waals surface area (Å²) in [6, 6.07) is 10.9. The van der Waals surface area contributed by atoms with E-state index in [2.05, 4.69) is 4.90 Å². The summed E-state index contributed by atoms with van der Waals surface area (Å²) in [6.07, 6.45) is 1.68. The second-order valence-electron chi connectivity index (χ2n) is 6.20. The fraction of sp³-hybridized carbons (Fsp3) is 0.250. The van der Waals surface area contributed by atoms with Crippen LogP contribution in [0.25, 0.3) is 6.08 Å². The van der Waals surface area contributed by atoms with Crippen molar-refractivity contribution in [3.05, 3.63) is 63.9 Å². The van der Waals surface area contributed by atoms with Crippen LogP contribution in [0, 0.1) is 0 Å². The lowest BCUT2D eigenvalue weighted by Crippen LogP contribution is -2.34. The normalized spacial score (nSPS) is 17.6. The Kier molecular flexibility index (Phi) is 4.68. The van der Waals surface area contributed by atoms with Gasteiger partial charge in [-0.3, -0.25) is 9.69 Å². The first-order chi connectivity index (χ1) is 12.7. The van der Waals surface area contributed by atoms with Gasteiger partial charge in [-0.2, -0.15) is 0 Å². The highest BCUT2D eigenvalue weighted by molar-refractivity contribution is 6.32. The van der Waals surface area contributed by atoms with Crippen LogP contribution in [0.3, 0.4) is 0 Å². The van der Waals surface area contributed by atoms with Crippen molar-refractivity contribution in [1.82, 2.24) is 4.90 Å². The second kappa shape index (κ2) is 7.11. The maximum Gasteiger partial charge on any atom is 0.231 e. The quantitative estimate of drug-likeness (QED) is 0.766. The SMILES string of the molecule is COCCN1COc2ccc3c(c2C1)O/C(=C\c1ccccc1Cl)C3=O. The minimum absolute atomic E-state index is 0.142. The maximum absolute atomic E-state index is 12.7. The lowest BCUT2D eigenvalue weighted by Gasteiger charge is -2.29. The summed E-state index contributed by atoms with van der Waals surface area (Å²) >= 11 is 6.19. The number of ether oxygens (including phenoxy) is 3. The molecule has 6 heteroatoms. The largest absolute Gasteiger partial charge is 0.478 e. The van der Waals surface area contributed by atoms with Crippen molar-refractivity contribution in [3.63, 3.8) is 0 Å². The monoisotopic (exact) mass is 371 g/mol. The summed E-state index contributed by atoms with van der Waals surface area (Å²) in [6.45, 7) is 2.50. The van der Waals surface area contributed by atoms with Crippen molar-refractivity contribution < 1.29 is 19.0 Å². The Morgan fingerprint density at radius 2 is 2.12 bits per heavy atom. The van der Waals surface area contributed by atoms with Gasteiger partial charge in [0.05, 0.1) is 17.7 Å². The minimum atomic E-state index is -0.142. The molecule has 0 unspecified atom stereocenters. The Balaban J connectivity index is 1.66. The standard InChI is InChI=1S/C20H18ClNO4/c1-24-9-8-22-11-15-17(25-12-22)7-6-14-19(23)18(26-20(14)15)10-13-4-2-3-5-16(13)21/h2-7,10H,8-9,11-12H2,1H3/b18-10-. The highest BCUT2D eigenvalue weighted by atomic mass is 35.5. The average molecular weight is 372 g/mol. The van der Waals surface area contributed by atoms with Gasteiger partial charge in [-0.1, -0.05) is 29.8 Å². The molecular formula is C20H18ClNO4. The van der Waals surface area contributed by atoms with Crippen LogP contribution in [0.15, 0.2) is 42.2 Å². The van der Waals surface area contributed by atoms with Crippen molar-refractivity contribution in [2.45, 2.75) is 6.54 Å². The number of ketones is 1. The first-order valence-electron chi connectivity index (χ1n) is 8.36. The molecule has 0 bridgehead atoms. The molecule has 0 fully saturated rings. The molecule has 0 spiro atoms.